The van der Waals surface area contributed by atoms with Crippen LogP contribution < -0.4 is 0 Å². The van der Waals surface area contributed by atoms with Gasteiger partial charge in [-0.2, -0.15) is 0 Å². The normalized spacial score (nSPS) is 13.5. The molecule has 0 radical (unpaired) electrons. The van der Waals surface area contributed by atoms with E-state index in [9.17, 15) is 9.90 Å². The SMILES string of the molecule is COC(=O)C(O)c1cccc2sc(C(C)(C)C)nc12. The van der Waals surface area contributed by atoms with Crippen LogP contribution in [0.1, 0.15) is 37.4 Å². The van der Waals surface area contributed by atoms with E-state index in [0.717, 1.165) is 9.71 Å². The van der Waals surface area contributed by atoms with Crippen molar-refractivity contribution in [1.29, 1.82) is 0 Å². The van der Waals surface area contributed by atoms with Crippen LogP contribution in [-0.4, -0.2) is 23.2 Å². The van der Waals surface area contributed by atoms with Crippen molar-refractivity contribution in [2.75, 3.05) is 7.11 Å². The topological polar surface area (TPSA) is 59.4 Å². The van der Waals surface area contributed by atoms with E-state index in [1.165, 1.54) is 7.11 Å². The summed E-state index contributed by atoms with van der Waals surface area (Å²) in [5.41, 5.74) is 1.11. The Kier molecular flexibility index (Phi) is 3.60. The fourth-order valence-electron chi connectivity index (χ4n) is 1.75. The number of thiazole rings is 1. The number of aromatic nitrogens is 1. The number of aliphatic hydroxyl groups is 1. The monoisotopic (exact) mass is 279 g/mol. The van der Waals surface area contributed by atoms with Crippen LogP contribution in [0, 0.1) is 0 Å². The van der Waals surface area contributed by atoms with Crippen molar-refractivity contribution in [2.45, 2.75) is 32.3 Å². The Hall–Kier alpha value is -1.46. The Morgan fingerprint density at radius 1 is 1.42 bits per heavy atom. The maximum absolute atomic E-state index is 11.5. The third-order valence-electron chi connectivity index (χ3n) is 2.81. The lowest BCUT2D eigenvalue weighted by Crippen LogP contribution is -2.14. The molecule has 0 amide bonds. The van der Waals surface area contributed by atoms with Gasteiger partial charge in [0.25, 0.3) is 0 Å². The quantitative estimate of drug-likeness (QED) is 0.859. The molecule has 1 aromatic heterocycles. The number of carbonyl (C=O) groups excluding carboxylic acids is 1. The van der Waals surface area contributed by atoms with Gasteiger partial charge in [0.15, 0.2) is 6.10 Å². The number of para-hydroxylation sites is 1. The minimum Gasteiger partial charge on any atom is -0.467 e. The summed E-state index contributed by atoms with van der Waals surface area (Å²) >= 11 is 1.58. The molecule has 0 spiro atoms. The molecule has 5 heteroatoms. The molecule has 0 bridgehead atoms. The first-order valence-corrected chi connectivity index (χ1v) is 6.82. The molecule has 1 atom stereocenters. The smallest absolute Gasteiger partial charge is 0.339 e. The van der Waals surface area contributed by atoms with Gasteiger partial charge < -0.3 is 9.84 Å². The van der Waals surface area contributed by atoms with Crippen molar-refractivity contribution in [3.8, 4) is 0 Å². The lowest BCUT2D eigenvalue weighted by molar-refractivity contribution is -0.150. The third-order valence-corrected chi connectivity index (χ3v) is 4.26. The number of carbonyl (C=O) groups is 1. The van der Waals surface area contributed by atoms with Crippen molar-refractivity contribution < 1.29 is 14.6 Å². The minimum atomic E-state index is -1.29. The maximum atomic E-state index is 11.5. The number of benzene rings is 1. The highest BCUT2D eigenvalue weighted by atomic mass is 32.1. The van der Waals surface area contributed by atoms with E-state index < -0.39 is 12.1 Å². The first-order chi connectivity index (χ1) is 8.84. The van der Waals surface area contributed by atoms with Crippen molar-refractivity contribution in [3.05, 3.63) is 28.8 Å². The van der Waals surface area contributed by atoms with Gasteiger partial charge in [-0.15, -0.1) is 11.3 Å². The van der Waals surface area contributed by atoms with Gasteiger partial charge in [-0.05, 0) is 6.07 Å². The largest absolute Gasteiger partial charge is 0.467 e. The molecule has 2 aromatic rings. The summed E-state index contributed by atoms with van der Waals surface area (Å²) in [6, 6.07) is 5.46. The highest BCUT2D eigenvalue weighted by Gasteiger charge is 2.24. The van der Waals surface area contributed by atoms with Gasteiger partial charge in [-0.25, -0.2) is 9.78 Å². The van der Waals surface area contributed by atoms with Crippen molar-refractivity contribution in [2.24, 2.45) is 0 Å². The molecular weight excluding hydrogens is 262 g/mol. The van der Waals surface area contributed by atoms with E-state index in [4.69, 9.17) is 0 Å². The number of ether oxygens (including phenoxy) is 1. The second kappa shape index (κ2) is 4.90. The van der Waals surface area contributed by atoms with Crippen molar-refractivity contribution in [1.82, 2.24) is 4.98 Å². The van der Waals surface area contributed by atoms with E-state index in [1.807, 2.05) is 12.1 Å². The Morgan fingerprint density at radius 3 is 2.68 bits per heavy atom. The van der Waals surface area contributed by atoms with Gasteiger partial charge in [0.2, 0.25) is 0 Å². The standard InChI is InChI=1S/C14H17NO3S/c1-14(2,3)13-15-10-8(11(16)12(17)18-4)6-5-7-9(10)19-13/h5-7,11,16H,1-4H3. The van der Waals surface area contributed by atoms with Gasteiger partial charge in [0.1, 0.15) is 0 Å². The maximum Gasteiger partial charge on any atom is 0.339 e. The molecule has 19 heavy (non-hydrogen) atoms. The fourth-order valence-corrected chi connectivity index (χ4v) is 2.81. The van der Waals surface area contributed by atoms with E-state index in [2.05, 4.69) is 30.5 Å². The molecule has 1 unspecified atom stereocenters. The number of esters is 1. The highest BCUT2D eigenvalue weighted by molar-refractivity contribution is 7.18. The average Bonchev–Trinajstić information content (AvgIpc) is 2.80. The van der Waals surface area contributed by atoms with Crippen LogP contribution in [-0.2, 0) is 14.9 Å². The first kappa shape index (κ1) is 14.0. The zero-order valence-corrected chi connectivity index (χ0v) is 12.2. The molecule has 1 N–H and O–H groups in total. The number of fused-ring (bicyclic) bond motifs is 1. The summed E-state index contributed by atoms with van der Waals surface area (Å²) in [6.07, 6.45) is -1.29. The molecule has 0 fully saturated rings. The van der Waals surface area contributed by atoms with Crippen LogP contribution in [0.4, 0.5) is 0 Å². The zero-order chi connectivity index (χ0) is 14.2. The predicted octanol–water partition coefficient (Wildman–Crippen LogP) is 2.80. The molecule has 1 aromatic carbocycles. The predicted molar refractivity (Wildman–Crippen MR) is 75.3 cm³/mol. The Bertz CT molecular complexity index is 613. The average molecular weight is 279 g/mol. The lowest BCUT2D eigenvalue weighted by atomic mass is 9.98. The number of hydrogen-bond acceptors (Lipinski definition) is 5. The molecule has 0 aliphatic heterocycles. The van der Waals surface area contributed by atoms with Crippen LogP contribution in [0.3, 0.4) is 0 Å². The molecule has 0 saturated heterocycles. The Morgan fingerprint density at radius 2 is 2.11 bits per heavy atom. The number of nitrogens with zero attached hydrogens (tertiary/aromatic N) is 1. The number of rotatable bonds is 2. The molecule has 0 aliphatic carbocycles. The minimum absolute atomic E-state index is 0.0584. The number of aliphatic hydroxyl groups excluding tert-OH is 1. The summed E-state index contributed by atoms with van der Waals surface area (Å²) in [5, 5.41) is 11.0. The number of methoxy groups -OCH3 is 1. The van der Waals surface area contributed by atoms with Crippen molar-refractivity contribution in [3.63, 3.8) is 0 Å². The molecule has 102 valence electrons. The molecule has 0 saturated carbocycles. The van der Waals surface area contributed by atoms with Crippen LogP contribution in [0.25, 0.3) is 10.2 Å². The van der Waals surface area contributed by atoms with Crippen LogP contribution in [0.15, 0.2) is 18.2 Å². The van der Waals surface area contributed by atoms with Crippen molar-refractivity contribution >= 4 is 27.5 Å². The van der Waals surface area contributed by atoms with Crippen LogP contribution >= 0.6 is 11.3 Å². The molecular formula is C14H17NO3S. The molecule has 4 nitrogen and oxygen atoms in total. The summed E-state index contributed by atoms with van der Waals surface area (Å²) < 4.78 is 5.54. The van der Waals surface area contributed by atoms with E-state index in [-0.39, 0.29) is 5.41 Å². The zero-order valence-electron chi connectivity index (χ0n) is 11.4. The van der Waals surface area contributed by atoms with Gasteiger partial charge in [0.05, 0.1) is 22.3 Å². The summed E-state index contributed by atoms with van der Waals surface area (Å²) in [4.78, 5) is 16.0. The van der Waals surface area contributed by atoms with Gasteiger partial charge in [-0.1, -0.05) is 32.9 Å². The van der Waals surface area contributed by atoms with E-state index >= 15 is 0 Å². The van der Waals surface area contributed by atoms with E-state index in [0.29, 0.717) is 11.1 Å². The highest BCUT2D eigenvalue weighted by Crippen LogP contribution is 2.34. The third kappa shape index (κ3) is 2.62. The van der Waals surface area contributed by atoms with Gasteiger partial charge in [-0.3, -0.25) is 0 Å². The van der Waals surface area contributed by atoms with E-state index in [1.54, 1.807) is 17.4 Å². The lowest BCUT2D eigenvalue weighted by Gasteiger charge is -2.13. The molecule has 2 rings (SSSR count). The molecule has 0 aliphatic rings. The fraction of sp³-hybridized carbons (Fsp3) is 0.429. The van der Waals surface area contributed by atoms with Crippen LogP contribution in [0.5, 0.6) is 0 Å². The summed E-state index contributed by atoms with van der Waals surface area (Å²) in [6.45, 7) is 6.25. The second-order valence-corrected chi connectivity index (χ2v) is 6.42. The molecule has 1 heterocycles. The Labute approximate surface area is 116 Å². The van der Waals surface area contributed by atoms with Crippen LogP contribution in [0.2, 0.25) is 0 Å². The first-order valence-electron chi connectivity index (χ1n) is 6.00. The summed E-state index contributed by atoms with van der Waals surface area (Å²) in [7, 11) is 1.26. The second-order valence-electron chi connectivity index (χ2n) is 5.39. The number of hydrogen-bond donors (Lipinski definition) is 1. The Balaban J connectivity index is 2.57. The summed E-state index contributed by atoms with van der Waals surface area (Å²) in [5.74, 6) is -0.669. The van der Waals surface area contributed by atoms with Gasteiger partial charge >= 0.3 is 5.97 Å². The van der Waals surface area contributed by atoms with Gasteiger partial charge in [0, 0.05) is 11.0 Å².